The van der Waals surface area contributed by atoms with E-state index < -0.39 is 21.8 Å². The highest BCUT2D eigenvalue weighted by Gasteiger charge is 2.26. The molecule has 3 rings (SSSR count). The van der Waals surface area contributed by atoms with E-state index in [4.69, 9.17) is 9.57 Å². The average molecular weight is 482 g/mol. The fourth-order valence-corrected chi connectivity index (χ4v) is 5.21. The minimum Gasteiger partial charge on any atom is -0.393 e. The maximum atomic E-state index is 12.9. The molecule has 1 amide bonds. The second kappa shape index (κ2) is 11.0. The number of hydrogen-bond donors (Lipinski definition) is 2. The number of sulfone groups is 1. The molecule has 1 aliphatic carbocycles. The van der Waals surface area contributed by atoms with E-state index >= 15 is 0 Å². The minimum atomic E-state index is -3.46. The molecule has 2 N–H and O–H groups in total. The molecule has 11 heteroatoms. The molecule has 0 bridgehead atoms. The number of ether oxygens (including phenoxy) is 1. The summed E-state index contributed by atoms with van der Waals surface area (Å²) in [6.07, 6.45) is 3.03. The number of hydrogen-bond acceptors (Lipinski definition) is 9. The Balaban J connectivity index is 1.81. The van der Waals surface area contributed by atoms with Gasteiger partial charge in [0, 0.05) is 36.8 Å². The van der Waals surface area contributed by atoms with Gasteiger partial charge < -0.3 is 14.7 Å². The summed E-state index contributed by atoms with van der Waals surface area (Å²) in [5.74, 6) is -0.549. The van der Waals surface area contributed by atoms with E-state index in [1.807, 2.05) is 6.92 Å². The predicted molar refractivity (Wildman–Crippen MR) is 122 cm³/mol. The van der Waals surface area contributed by atoms with Gasteiger partial charge in [-0.3, -0.25) is 10.1 Å². The van der Waals surface area contributed by atoms with Crippen molar-refractivity contribution in [1.29, 1.82) is 0 Å². The SMILES string of the molecule is COCCCS(=O)(=O)c1ccc(C(=NO[C@@H]2CC[C@@H](O)C2)C(=O)Nc2ncc(C)s2)cc1. The highest BCUT2D eigenvalue weighted by molar-refractivity contribution is 7.91. The van der Waals surface area contributed by atoms with Crippen molar-refractivity contribution in [1.82, 2.24) is 4.98 Å². The quantitative estimate of drug-likeness (QED) is 0.303. The number of oxime groups is 1. The summed E-state index contributed by atoms with van der Waals surface area (Å²) in [6, 6.07) is 5.96. The molecule has 2 aromatic rings. The Hall–Kier alpha value is -2.34. The van der Waals surface area contributed by atoms with Crippen molar-refractivity contribution >= 4 is 37.9 Å². The summed E-state index contributed by atoms with van der Waals surface area (Å²) >= 11 is 1.33. The lowest BCUT2D eigenvalue weighted by atomic mass is 10.1. The van der Waals surface area contributed by atoms with E-state index in [1.165, 1.54) is 42.7 Å². The fourth-order valence-electron chi connectivity index (χ4n) is 3.27. The molecule has 1 aromatic heterocycles. The first-order valence-corrected chi connectivity index (χ1v) is 12.7. The van der Waals surface area contributed by atoms with Gasteiger partial charge in [-0.15, -0.1) is 11.3 Å². The molecule has 0 unspecified atom stereocenters. The molecule has 1 aromatic carbocycles. The van der Waals surface area contributed by atoms with Crippen LogP contribution in [0.3, 0.4) is 0 Å². The molecule has 0 spiro atoms. The lowest BCUT2D eigenvalue weighted by Crippen LogP contribution is -2.25. The van der Waals surface area contributed by atoms with Crippen molar-refractivity contribution in [2.45, 2.75) is 49.7 Å². The summed E-state index contributed by atoms with van der Waals surface area (Å²) in [6.45, 7) is 2.24. The van der Waals surface area contributed by atoms with Gasteiger partial charge in [0.2, 0.25) is 0 Å². The molecule has 0 saturated heterocycles. The molecule has 174 valence electrons. The van der Waals surface area contributed by atoms with Gasteiger partial charge in [-0.2, -0.15) is 0 Å². The van der Waals surface area contributed by atoms with Gasteiger partial charge in [0.25, 0.3) is 5.91 Å². The van der Waals surface area contributed by atoms with Gasteiger partial charge in [0.15, 0.2) is 20.7 Å². The highest BCUT2D eigenvalue weighted by Crippen LogP contribution is 2.23. The topological polar surface area (TPSA) is 127 Å². The number of carbonyl (C=O) groups excluding carboxylic acids is 1. The van der Waals surface area contributed by atoms with E-state index in [0.717, 1.165) is 4.88 Å². The van der Waals surface area contributed by atoms with Crippen LogP contribution in [0.15, 0.2) is 40.5 Å². The molecule has 2 atom stereocenters. The van der Waals surface area contributed by atoms with Gasteiger partial charge >= 0.3 is 0 Å². The second-order valence-electron chi connectivity index (χ2n) is 7.55. The molecule has 0 radical (unpaired) electrons. The van der Waals surface area contributed by atoms with Crippen LogP contribution < -0.4 is 5.32 Å². The predicted octanol–water partition coefficient (Wildman–Crippen LogP) is 2.53. The summed E-state index contributed by atoms with van der Waals surface area (Å²) < 4.78 is 29.9. The Morgan fingerprint density at radius 2 is 2.06 bits per heavy atom. The van der Waals surface area contributed by atoms with Crippen molar-refractivity contribution in [3.8, 4) is 0 Å². The number of thiazole rings is 1. The first-order valence-electron chi connectivity index (χ1n) is 10.3. The minimum absolute atomic E-state index is 0.00238. The van der Waals surface area contributed by atoms with Crippen LogP contribution in [-0.4, -0.2) is 61.8 Å². The number of benzene rings is 1. The highest BCUT2D eigenvalue weighted by atomic mass is 32.2. The number of rotatable bonds is 10. The smallest absolute Gasteiger partial charge is 0.280 e. The van der Waals surface area contributed by atoms with Crippen molar-refractivity contribution in [3.05, 3.63) is 40.9 Å². The fraction of sp³-hybridized carbons (Fsp3) is 0.476. The number of aryl methyl sites for hydroxylation is 1. The second-order valence-corrected chi connectivity index (χ2v) is 10.9. The molecule has 1 fully saturated rings. The first-order chi connectivity index (χ1) is 15.3. The van der Waals surface area contributed by atoms with Crippen LogP contribution in [0.2, 0.25) is 0 Å². The van der Waals surface area contributed by atoms with Crippen LogP contribution in [0.5, 0.6) is 0 Å². The summed E-state index contributed by atoms with van der Waals surface area (Å²) in [4.78, 5) is 23.7. The van der Waals surface area contributed by atoms with Gasteiger partial charge in [0.05, 0.1) is 16.8 Å². The van der Waals surface area contributed by atoms with E-state index in [-0.39, 0.29) is 22.5 Å². The van der Waals surface area contributed by atoms with Gasteiger partial charge in [0.1, 0.15) is 6.10 Å². The number of aromatic nitrogens is 1. The maximum absolute atomic E-state index is 12.9. The number of nitrogens with one attached hydrogen (secondary N) is 1. The van der Waals surface area contributed by atoms with Crippen LogP contribution in [0, 0.1) is 6.92 Å². The third-order valence-corrected chi connectivity index (χ3v) is 7.60. The van der Waals surface area contributed by atoms with Crippen molar-refractivity contribution in [2.24, 2.45) is 5.16 Å². The lowest BCUT2D eigenvalue weighted by Gasteiger charge is -2.11. The van der Waals surface area contributed by atoms with E-state index in [9.17, 15) is 18.3 Å². The zero-order chi connectivity index (χ0) is 23.1. The Kier molecular flexibility index (Phi) is 8.35. The number of amides is 1. The summed E-state index contributed by atoms with van der Waals surface area (Å²) in [5.41, 5.74) is 0.410. The normalized spacial score (nSPS) is 19.2. The van der Waals surface area contributed by atoms with Crippen LogP contribution in [-0.2, 0) is 24.2 Å². The van der Waals surface area contributed by atoms with Gasteiger partial charge in [-0.25, -0.2) is 13.4 Å². The molecule has 9 nitrogen and oxygen atoms in total. The third kappa shape index (κ3) is 6.58. The zero-order valence-electron chi connectivity index (χ0n) is 18.0. The third-order valence-electron chi connectivity index (χ3n) is 4.96. The molecular formula is C21H27N3O6S2. The molecule has 1 heterocycles. The Labute approximate surface area is 191 Å². The van der Waals surface area contributed by atoms with Gasteiger partial charge in [-0.1, -0.05) is 17.3 Å². The monoisotopic (exact) mass is 481 g/mol. The van der Waals surface area contributed by atoms with Crippen LogP contribution in [0.25, 0.3) is 0 Å². The Bertz CT molecular complexity index is 1050. The maximum Gasteiger partial charge on any atom is 0.280 e. The molecule has 0 aliphatic heterocycles. The largest absolute Gasteiger partial charge is 0.393 e. The number of aliphatic hydroxyl groups excluding tert-OH is 1. The van der Waals surface area contributed by atoms with Crippen LogP contribution in [0.4, 0.5) is 5.13 Å². The molecule has 1 saturated carbocycles. The van der Waals surface area contributed by atoms with Crippen LogP contribution in [0.1, 0.15) is 36.1 Å². The molecule has 32 heavy (non-hydrogen) atoms. The van der Waals surface area contributed by atoms with E-state index in [2.05, 4.69) is 15.5 Å². The molecule has 1 aliphatic rings. The standard InChI is InChI=1S/C21H27N3O6S2/c1-14-13-22-21(31-14)23-20(26)19(24-30-17-7-6-16(25)12-17)15-4-8-18(9-5-15)32(27,28)11-3-10-29-2/h4-5,8-9,13,16-17,25H,3,6-7,10-12H2,1-2H3,(H,22,23,26)/t16-,17-/m1/s1. The summed E-state index contributed by atoms with van der Waals surface area (Å²) in [5, 5.41) is 16.9. The Morgan fingerprint density at radius 3 is 2.66 bits per heavy atom. The van der Waals surface area contributed by atoms with Crippen molar-refractivity contribution < 1.29 is 27.9 Å². The average Bonchev–Trinajstić information content (AvgIpc) is 3.36. The number of anilines is 1. The Morgan fingerprint density at radius 1 is 1.31 bits per heavy atom. The zero-order valence-corrected chi connectivity index (χ0v) is 19.6. The number of carbonyl (C=O) groups is 1. The van der Waals surface area contributed by atoms with Crippen LogP contribution >= 0.6 is 11.3 Å². The number of nitrogens with zero attached hydrogens (tertiary/aromatic N) is 2. The van der Waals surface area contributed by atoms with Crippen molar-refractivity contribution in [3.63, 3.8) is 0 Å². The number of aliphatic hydroxyl groups is 1. The number of methoxy groups -OCH3 is 1. The van der Waals surface area contributed by atoms with E-state index in [0.29, 0.717) is 43.0 Å². The van der Waals surface area contributed by atoms with Gasteiger partial charge in [-0.05, 0) is 38.3 Å². The summed E-state index contributed by atoms with van der Waals surface area (Å²) in [7, 11) is -1.94. The molecular weight excluding hydrogens is 454 g/mol. The first kappa shape index (κ1) is 24.3. The van der Waals surface area contributed by atoms with E-state index in [1.54, 1.807) is 6.20 Å². The van der Waals surface area contributed by atoms with Crippen molar-refractivity contribution in [2.75, 3.05) is 24.8 Å². The lowest BCUT2D eigenvalue weighted by molar-refractivity contribution is -0.110.